The van der Waals surface area contributed by atoms with Gasteiger partial charge in [0, 0.05) is 18.9 Å². The van der Waals surface area contributed by atoms with Crippen LogP contribution in [0.3, 0.4) is 0 Å². The van der Waals surface area contributed by atoms with Crippen LogP contribution in [0, 0.1) is 15.9 Å². The first-order valence-electron chi connectivity index (χ1n) is 8.91. The van der Waals surface area contributed by atoms with Gasteiger partial charge in [-0.3, -0.25) is 24.5 Å². The van der Waals surface area contributed by atoms with Gasteiger partial charge in [-0.05, 0) is 24.3 Å². The number of carbonyl (C=O) groups is 2. The summed E-state index contributed by atoms with van der Waals surface area (Å²) in [6.45, 7) is 0. The summed E-state index contributed by atoms with van der Waals surface area (Å²) in [5.74, 6) is -1.81. The fourth-order valence-electron chi connectivity index (χ4n) is 2.62. The number of para-hydroxylation sites is 2. The van der Waals surface area contributed by atoms with Crippen LogP contribution in [0.4, 0.5) is 15.8 Å². The van der Waals surface area contributed by atoms with E-state index in [4.69, 9.17) is 4.42 Å². The Hall–Kier alpha value is -4.41. The molecule has 1 aromatic heterocycles. The van der Waals surface area contributed by atoms with Gasteiger partial charge in [0.15, 0.2) is 0 Å². The number of anilines is 1. The first kappa shape index (κ1) is 21.3. The van der Waals surface area contributed by atoms with Crippen LogP contribution in [0.2, 0.25) is 0 Å². The number of hydrogen-bond acceptors (Lipinski definition) is 7. The summed E-state index contributed by atoms with van der Waals surface area (Å²) < 4.78 is 18.5. The minimum absolute atomic E-state index is 0.00692. The summed E-state index contributed by atoms with van der Waals surface area (Å²) in [5, 5.41) is 17.0. The van der Waals surface area contributed by atoms with Crippen molar-refractivity contribution in [3.63, 3.8) is 0 Å². The second-order valence-electron chi connectivity index (χ2n) is 6.28. The van der Waals surface area contributed by atoms with Gasteiger partial charge in [-0.15, -0.1) is 0 Å². The molecule has 31 heavy (non-hydrogen) atoms. The van der Waals surface area contributed by atoms with Crippen molar-refractivity contribution in [3.05, 3.63) is 80.4 Å². The number of fused-ring (bicyclic) bond motifs is 1. The fourth-order valence-corrected chi connectivity index (χ4v) is 2.62. The van der Waals surface area contributed by atoms with Gasteiger partial charge < -0.3 is 9.73 Å². The van der Waals surface area contributed by atoms with E-state index in [-0.39, 0.29) is 40.7 Å². The molecular formula is C20H15FN4O6. The minimum Gasteiger partial charge on any atom is -0.463 e. The number of nitrogens with one attached hydrogen (secondary N) is 2. The van der Waals surface area contributed by atoms with E-state index >= 15 is 0 Å². The number of nitrogens with zero attached hydrogens (tertiary/aromatic N) is 2. The maximum Gasteiger partial charge on any atom is 0.292 e. The van der Waals surface area contributed by atoms with Crippen LogP contribution in [0.25, 0.3) is 11.0 Å². The van der Waals surface area contributed by atoms with Gasteiger partial charge in [0.2, 0.25) is 17.2 Å². The molecule has 1 heterocycles. The number of halogens is 1. The average Bonchev–Trinajstić information content (AvgIpc) is 2.74. The van der Waals surface area contributed by atoms with Crippen molar-refractivity contribution in [2.45, 2.75) is 12.8 Å². The molecular weight excluding hydrogens is 411 g/mol. The summed E-state index contributed by atoms with van der Waals surface area (Å²) in [7, 11) is 0. The van der Waals surface area contributed by atoms with Crippen molar-refractivity contribution < 1.29 is 23.3 Å². The highest BCUT2D eigenvalue weighted by atomic mass is 19.1. The number of carbonyl (C=O) groups excluding carboxylic acids is 2. The van der Waals surface area contributed by atoms with Gasteiger partial charge in [0.1, 0.15) is 23.4 Å². The molecule has 3 aromatic rings. The number of benzene rings is 2. The average molecular weight is 426 g/mol. The van der Waals surface area contributed by atoms with Crippen molar-refractivity contribution in [1.29, 1.82) is 0 Å². The standard InChI is InChI=1S/C20H15FN4O6/c21-13-5-6-17-14(9-13)20(28)12(11-31-17)10-22-24-19(27)8-7-18(26)23-15-3-1-2-4-16(15)25(29)30/h1-6,9-11H,7-8H2,(H,23,26)(H,24,27). The lowest BCUT2D eigenvalue weighted by molar-refractivity contribution is -0.383. The molecule has 0 radical (unpaired) electrons. The van der Waals surface area contributed by atoms with Crippen LogP contribution in [-0.4, -0.2) is 23.0 Å². The monoisotopic (exact) mass is 426 g/mol. The van der Waals surface area contributed by atoms with Crippen LogP contribution < -0.4 is 16.2 Å². The predicted molar refractivity (Wildman–Crippen MR) is 109 cm³/mol. The first-order valence-corrected chi connectivity index (χ1v) is 8.91. The fraction of sp³-hybridized carbons (Fsp3) is 0.100. The SMILES string of the molecule is O=C(CCC(=O)Nc1ccccc1[N+](=O)[O-])NN=Cc1coc2ccc(F)cc2c1=O. The van der Waals surface area contributed by atoms with Crippen molar-refractivity contribution in [2.24, 2.45) is 5.10 Å². The van der Waals surface area contributed by atoms with Crippen LogP contribution in [-0.2, 0) is 9.59 Å². The highest BCUT2D eigenvalue weighted by molar-refractivity contribution is 5.95. The molecule has 0 saturated carbocycles. The van der Waals surface area contributed by atoms with E-state index in [0.717, 1.165) is 24.6 Å². The summed E-state index contributed by atoms with van der Waals surface area (Å²) >= 11 is 0. The van der Waals surface area contributed by atoms with E-state index < -0.39 is 28.0 Å². The molecule has 2 amide bonds. The second kappa shape index (κ2) is 9.39. The molecule has 2 N–H and O–H groups in total. The number of nitro groups is 1. The van der Waals surface area contributed by atoms with E-state index in [1.54, 1.807) is 0 Å². The summed E-state index contributed by atoms with van der Waals surface area (Å²) in [6.07, 6.45) is 1.67. The minimum atomic E-state index is -0.630. The van der Waals surface area contributed by atoms with E-state index in [0.29, 0.717) is 0 Å². The lowest BCUT2D eigenvalue weighted by atomic mass is 10.2. The molecule has 0 aliphatic rings. The molecule has 0 saturated heterocycles. The lowest BCUT2D eigenvalue weighted by Crippen LogP contribution is -2.21. The topological polar surface area (TPSA) is 144 Å². The number of hydrogen-bond donors (Lipinski definition) is 2. The molecule has 10 nitrogen and oxygen atoms in total. The molecule has 0 fully saturated rings. The molecule has 0 atom stereocenters. The van der Waals surface area contributed by atoms with E-state index in [2.05, 4.69) is 15.8 Å². The molecule has 11 heteroatoms. The van der Waals surface area contributed by atoms with Crippen LogP contribution in [0.15, 0.2) is 63.0 Å². The Morgan fingerprint density at radius 3 is 2.68 bits per heavy atom. The second-order valence-corrected chi connectivity index (χ2v) is 6.28. The molecule has 2 aromatic carbocycles. The smallest absolute Gasteiger partial charge is 0.292 e. The van der Waals surface area contributed by atoms with E-state index in [1.807, 2.05) is 0 Å². The number of nitro benzene ring substituents is 1. The molecule has 158 valence electrons. The Bertz CT molecular complexity index is 1250. The molecule has 0 aliphatic carbocycles. The summed E-state index contributed by atoms with van der Waals surface area (Å²) in [6, 6.07) is 9.13. The first-order chi connectivity index (χ1) is 14.8. The Morgan fingerprint density at radius 2 is 1.90 bits per heavy atom. The Kier molecular flexibility index (Phi) is 6.45. The number of amides is 2. The van der Waals surface area contributed by atoms with E-state index in [9.17, 15) is 28.9 Å². The molecule has 0 bridgehead atoms. The van der Waals surface area contributed by atoms with Crippen LogP contribution in [0.5, 0.6) is 0 Å². The van der Waals surface area contributed by atoms with Crippen LogP contribution in [0.1, 0.15) is 18.4 Å². The molecule has 0 unspecified atom stereocenters. The molecule has 3 rings (SSSR count). The predicted octanol–water partition coefficient (Wildman–Crippen LogP) is 2.71. The molecule has 0 spiro atoms. The van der Waals surface area contributed by atoms with Crippen molar-refractivity contribution >= 4 is 40.4 Å². The van der Waals surface area contributed by atoms with Gasteiger partial charge in [-0.2, -0.15) is 5.10 Å². The molecule has 0 aliphatic heterocycles. The summed E-state index contributed by atoms with van der Waals surface area (Å²) in [5.41, 5.74) is 1.59. The maximum absolute atomic E-state index is 13.3. The zero-order valence-corrected chi connectivity index (χ0v) is 15.8. The van der Waals surface area contributed by atoms with Gasteiger partial charge >= 0.3 is 0 Å². The third kappa shape index (κ3) is 5.35. The zero-order valence-electron chi connectivity index (χ0n) is 15.8. The zero-order chi connectivity index (χ0) is 22.4. The highest BCUT2D eigenvalue weighted by Gasteiger charge is 2.15. The number of rotatable bonds is 7. The van der Waals surface area contributed by atoms with Crippen molar-refractivity contribution in [1.82, 2.24) is 5.43 Å². The Morgan fingerprint density at radius 1 is 1.16 bits per heavy atom. The normalized spacial score (nSPS) is 10.9. The Labute approximate surface area is 173 Å². The third-order valence-corrected chi connectivity index (χ3v) is 4.11. The van der Waals surface area contributed by atoms with Crippen LogP contribution >= 0.6 is 0 Å². The quantitative estimate of drug-likeness (QED) is 0.338. The van der Waals surface area contributed by atoms with Gasteiger partial charge in [0.25, 0.3) is 5.69 Å². The van der Waals surface area contributed by atoms with Gasteiger partial charge in [0.05, 0.1) is 22.1 Å². The van der Waals surface area contributed by atoms with Gasteiger partial charge in [-0.25, -0.2) is 9.82 Å². The third-order valence-electron chi connectivity index (χ3n) is 4.11. The van der Waals surface area contributed by atoms with E-state index in [1.165, 1.54) is 30.3 Å². The Balaban J connectivity index is 1.55. The van der Waals surface area contributed by atoms with Crippen molar-refractivity contribution in [2.75, 3.05) is 5.32 Å². The maximum atomic E-state index is 13.3. The highest BCUT2D eigenvalue weighted by Crippen LogP contribution is 2.23. The van der Waals surface area contributed by atoms with Crippen molar-refractivity contribution in [3.8, 4) is 0 Å². The number of hydrazone groups is 1. The van der Waals surface area contributed by atoms with Gasteiger partial charge in [-0.1, -0.05) is 12.1 Å². The largest absolute Gasteiger partial charge is 0.463 e. The lowest BCUT2D eigenvalue weighted by Gasteiger charge is -2.05. The summed E-state index contributed by atoms with van der Waals surface area (Å²) in [4.78, 5) is 46.4.